The highest BCUT2D eigenvalue weighted by atomic mass is 19.1. The fourth-order valence-electron chi connectivity index (χ4n) is 1.31. The zero-order valence-corrected chi connectivity index (χ0v) is 10.9. The van der Waals surface area contributed by atoms with Crippen molar-refractivity contribution < 1.29 is 13.9 Å². The van der Waals surface area contributed by atoms with E-state index in [0.29, 0.717) is 6.54 Å². The van der Waals surface area contributed by atoms with E-state index >= 15 is 0 Å². The Labute approximate surface area is 107 Å². The molecule has 1 amide bonds. The summed E-state index contributed by atoms with van der Waals surface area (Å²) in [7, 11) is 1.61. The molecule has 0 aliphatic rings. The van der Waals surface area contributed by atoms with E-state index in [1.54, 1.807) is 19.2 Å². The van der Waals surface area contributed by atoms with Crippen LogP contribution in [-0.2, 0) is 9.53 Å². The average Bonchev–Trinajstić information content (AvgIpc) is 2.32. The van der Waals surface area contributed by atoms with Gasteiger partial charge in [0.15, 0.2) is 0 Å². The van der Waals surface area contributed by atoms with Gasteiger partial charge < -0.3 is 15.4 Å². The first-order valence-electron chi connectivity index (χ1n) is 5.75. The summed E-state index contributed by atoms with van der Waals surface area (Å²) in [5.41, 5.74) is -0.145. The Morgan fingerprint density at radius 1 is 1.39 bits per heavy atom. The number of hydrogen-bond donors (Lipinski definition) is 2. The molecule has 0 aromatic heterocycles. The van der Waals surface area contributed by atoms with Gasteiger partial charge in [-0.1, -0.05) is 12.1 Å². The molecule has 0 aliphatic carbocycles. The molecule has 0 heterocycles. The second kappa shape index (κ2) is 6.47. The van der Waals surface area contributed by atoms with E-state index in [4.69, 9.17) is 4.74 Å². The van der Waals surface area contributed by atoms with Crippen molar-refractivity contribution >= 4 is 11.6 Å². The second-order valence-corrected chi connectivity index (χ2v) is 4.60. The third-order valence-corrected chi connectivity index (χ3v) is 2.54. The van der Waals surface area contributed by atoms with Crippen LogP contribution in [-0.4, -0.2) is 31.7 Å². The number of amides is 1. The third kappa shape index (κ3) is 4.81. The van der Waals surface area contributed by atoms with E-state index < -0.39 is 5.82 Å². The number of anilines is 1. The third-order valence-electron chi connectivity index (χ3n) is 2.54. The van der Waals surface area contributed by atoms with Crippen LogP contribution in [0.4, 0.5) is 10.1 Å². The average molecular weight is 254 g/mol. The zero-order chi connectivity index (χ0) is 13.6. The van der Waals surface area contributed by atoms with Crippen molar-refractivity contribution in [3.63, 3.8) is 0 Å². The SMILES string of the molecule is COC(C)(C)CNCC(=O)Nc1ccccc1F. The number of rotatable bonds is 6. The van der Waals surface area contributed by atoms with Gasteiger partial charge in [-0.15, -0.1) is 0 Å². The fraction of sp³-hybridized carbons (Fsp3) is 0.462. The van der Waals surface area contributed by atoms with E-state index in [1.807, 2.05) is 13.8 Å². The summed E-state index contributed by atoms with van der Waals surface area (Å²) in [6.45, 7) is 4.47. The van der Waals surface area contributed by atoms with Crippen LogP contribution >= 0.6 is 0 Å². The zero-order valence-electron chi connectivity index (χ0n) is 10.9. The first kappa shape index (κ1) is 14.6. The van der Waals surface area contributed by atoms with Crippen LogP contribution in [0.3, 0.4) is 0 Å². The van der Waals surface area contributed by atoms with Gasteiger partial charge in [-0.25, -0.2) is 4.39 Å². The normalized spacial score (nSPS) is 11.3. The molecule has 0 bridgehead atoms. The van der Waals surface area contributed by atoms with Gasteiger partial charge in [0.2, 0.25) is 5.91 Å². The molecule has 1 aromatic rings. The molecule has 18 heavy (non-hydrogen) atoms. The maximum Gasteiger partial charge on any atom is 0.238 e. The molecule has 0 radical (unpaired) electrons. The van der Waals surface area contributed by atoms with Gasteiger partial charge in [0.05, 0.1) is 17.8 Å². The smallest absolute Gasteiger partial charge is 0.238 e. The lowest BCUT2D eigenvalue weighted by Gasteiger charge is -2.23. The molecule has 100 valence electrons. The highest BCUT2D eigenvalue weighted by Gasteiger charge is 2.16. The maximum absolute atomic E-state index is 13.3. The van der Waals surface area contributed by atoms with E-state index in [9.17, 15) is 9.18 Å². The molecule has 4 nitrogen and oxygen atoms in total. The van der Waals surface area contributed by atoms with E-state index in [2.05, 4.69) is 10.6 Å². The highest BCUT2D eigenvalue weighted by molar-refractivity contribution is 5.92. The van der Waals surface area contributed by atoms with Crippen molar-refractivity contribution in [2.75, 3.05) is 25.5 Å². The van der Waals surface area contributed by atoms with Crippen LogP contribution in [0.25, 0.3) is 0 Å². The van der Waals surface area contributed by atoms with Crippen molar-refractivity contribution in [1.82, 2.24) is 5.32 Å². The molecular formula is C13H19FN2O2. The number of carbonyl (C=O) groups is 1. The molecule has 1 rings (SSSR count). The lowest BCUT2D eigenvalue weighted by atomic mass is 10.1. The second-order valence-electron chi connectivity index (χ2n) is 4.60. The van der Waals surface area contributed by atoms with E-state index in [1.165, 1.54) is 12.1 Å². The Bertz CT molecular complexity index is 408. The predicted octanol–water partition coefficient (Wildman–Crippen LogP) is 1.78. The summed E-state index contributed by atoms with van der Waals surface area (Å²) in [5, 5.41) is 5.45. The Hall–Kier alpha value is -1.46. The Morgan fingerprint density at radius 3 is 2.67 bits per heavy atom. The van der Waals surface area contributed by atoms with E-state index in [0.717, 1.165) is 0 Å². The first-order chi connectivity index (χ1) is 8.44. The first-order valence-corrected chi connectivity index (χ1v) is 5.75. The van der Waals surface area contributed by atoms with Crippen LogP contribution in [0.2, 0.25) is 0 Å². The van der Waals surface area contributed by atoms with Gasteiger partial charge in [0.1, 0.15) is 5.82 Å². The van der Waals surface area contributed by atoms with Gasteiger partial charge in [0, 0.05) is 13.7 Å². The largest absolute Gasteiger partial charge is 0.377 e. The number of halogens is 1. The van der Waals surface area contributed by atoms with Gasteiger partial charge in [-0.05, 0) is 26.0 Å². The topological polar surface area (TPSA) is 50.4 Å². The van der Waals surface area contributed by atoms with Crippen molar-refractivity contribution in [3.05, 3.63) is 30.1 Å². The molecular weight excluding hydrogens is 235 g/mol. The molecule has 2 N–H and O–H groups in total. The predicted molar refractivity (Wildman–Crippen MR) is 69.0 cm³/mol. The number of methoxy groups -OCH3 is 1. The summed E-state index contributed by atoms with van der Waals surface area (Å²) >= 11 is 0. The van der Waals surface area contributed by atoms with Crippen molar-refractivity contribution in [2.24, 2.45) is 0 Å². The highest BCUT2D eigenvalue weighted by Crippen LogP contribution is 2.11. The molecule has 0 fully saturated rings. The van der Waals surface area contributed by atoms with Gasteiger partial charge in [-0.3, -0.25) is 4.79 Å². The van der Waals surface area contributed by atoms with Crippen molar-refractivity contribution in [1.29, 1.82) is 0 Å². The van der Waals surface area contributed by atoms with Crippen LogP contribution < -0.4 is 10.6 Å². The number of hydrogen-bond acceptors (Lipinski definition) is 3. The monoisotopic (exact) mass is 254 g/mol. The number of carbonyl (C=O) groups excluding carboxylic acids is 1. The standard InChI is InChI=1S/C13H19FN2O2/c1-13(2,18-3)9-15-8-12(17)16-11-7-5-4-6-10(11)14/h4-7,15H,8-9H2,1-3H3,(H,16,17). The summed E-state index contributed by atoms with van der Waals surface area (Å²) in [4.78, 5) is 11.6. The van der Waals surface area contributed by atoms with Gasteiger partial charge in [-0.2, -0.15) is 0 Å². The number of benzene rings is 1. The Balaban J connectivity index is 2.37. The molecule has 1 aromatic carbocycles. The van der Waals surface area contributed by atoms with Gasteiger partial charge in [0.25, 0.3) is 0 Å². The molecule has 0 aliphatic heterocycles. The summed E-state index contributed by atoms with van der Waals surface area (Å²) in [5.74, 6) is -0.727. The Kier molecular flexibility index (Phi) is 5.25. The maximum atomic E-state index is 13.3. The molecule has 0 spiro atoms. The molecule has 0 atom stereocenters. The van der Waals surface area contributed by atoms with Crippen LogP contribution in [0.5, 0.6) is 0 Å². The summed E-state index contributed by atoms with van der Waals surface area (Å²) in [6.07, 6.45) is 0. The summed E-state index contributed by atoms with van der Waals surface area (Å²) < 4.78 is 18.5. The summed E-state index contributed by atoms with van der Waals surface area (Å²) in [6, 6.07) is 6.06. The molecule has 0 saturated heterocycles. The number of nitrogens with one attached hydrogen (secondary N) is 2. The minimum atomic E-state index is -0.442. The van der Waals surface area contributed by atoms with E-state index in [-0.39, 0.29) is 23.7 Å². The molecule has 0 unspecified atom stereocenters. The van der Waals surface area contributed by atoms with Crippen LogP contribution in [0.1, 0.15) is 13.8 Å². The number of ether oxygens (including phenoxy) is 1. The minimum absolute atomic E-state index is 0.112. The molecule has 0 saturated carbocycles. The van der Waals surface area contributed by atoms with Crippen LogP contribution in [0, 0.1) is 5.82 Å². The van der Waals surface area contributed by atoms with Gasteiger partial charge >= 0.3 is 0 Å². The lowest BCUT2D eigenvalue weighted by molar-refractivity contribution is -0.115. The number of para-hydroxylation sites is 1. The lowest BCUT2D eigenvalue weighted by Crippen LogP contribution is -2.40. The van der Waals surface area contributed by atoms with Crippen molar-refractivity contribution in [3.8, 4) is 0 Å². The quantitative estimate of drug-likeness (QED) is 0.813. The molecule has 5 heteroatoms. The van der Waals surface area contributed by atoms with Crippen LogP contribution in [0.15, 0.2) is 24.3 Å². The van der Waals surface area contributed by atoms with Crippen molar-refractivity contribution in [2.45, 2.75) is 19.4 Å². The Morgan fingerprint density at radius 2 is 2.06 bits per heavy atom. The minimum Gasteiger partial charge on any atom is -0.377 e. The fourth-order valence-corrected chi connectivity index (χ4v) is 1.31.